The standard InChI is InChI=1S/C50H31N3O/c1-4-14-32(15-5-1)37-28-42(34-18-8-3-9-19-34)47-44(30-37)45-31-38(33-16-6-2-7-17-33)29-43(48(45)54-47)35-24-26-36(27-25-35)49-51-52-50-41-22-11-10-20-39(41)40-21-12-13-23-46(40)53(49)50/h1-31H. The predicted molar refractivity (Wildman–Crippen MR) is 222 cm³/mol. The maximum Gasteiger partial charge on any atom is 0.169 e. The number of furan rings is 1. The molecule has 3 aromatic heterocycles. The van der Waals surface area contributed by atoms with Crippen molar-refractivity contribution in [2.24, 2.45) is 0 Å². The first kappa shape index (κ1) is 30.3. The van der Waals surface area contributed by atoms with E-state index in [2.05, 4.69) is 192 Å². The quantitative estimate of drug-likeness (QED) is 0.169. The summed E-state index contributed by atoms with van der Waals surface area (Å²) in [6.45, 7) is 0. The number of rotatable bonds is 5. The van der Waals surface area contributed by atoms with E-state index in [0.717, 1.165) is 88.8 Å². The van der Waals surface area contributed by atoms with Crippen LogP contribution in [0.1, 0.15) is 0 Å². The number of hydrogen-bond donors (Lipinski definition) is 0. The zero-order valence-corrected chi connectivity index (χ0v) is 29.1. The van der Waals surface area contributed by atoms with Gasteiger partial charge in [0.25, 0.3) is 0 Å². The number of nitrogens with zero attached hydrogens (tertiary/aromatic N) is 3. The molecule has 11 aromatic rings. The third kappa shape index (κ3) is 4.78. The van der Waals surface area contributed by atoms with Crippen LogP contribution in [-0.4, -0.2) is 14.6 Å². The molecule has 0 aliphatic heterocycles. The zero-order chi connectivity index (χ0) is 35.6. The fourth-order valence-electron chi connectivity index (χ4n) is 8.10. The SMILES string of the molecule is c1ccc(-c2cc(-c3ccccc3)c3oc4c(-c5ccc(-c6nnc7c8ccccc8c8ccccc8n67)cc5)cc(-c5ccccc5)cc4c3c2)cc1. The minimum atomic E-state index is 0.811. The van der Waals surface area contributed by atoms with Gasteiger partial charge < -0.3 is 4.42 Å². The van der Waals surface area contributed by atoms with Gasteiger partial charge in [0, 0.05) is 38.2 Å². The van der Waals surface area contributed by atoms with Crippen LogP contribution in [0.4, 0.5) is 0 Å². The van der Waals surface area contributed by atoms with Crippen LogP contribution in [0, 0.1) is 0 Å². The van der Waals surface area contributed by atoms with Crippen LogP contribution in [0.3, 0.4) is 0 Å². The molecular formula is C50H31N3O. The van der Waals surface area contributed by atoms with Crippen LogP contribution in [0.5, 0.6) is 0 Å². The molecule has 252 valence electrons. The summed E-state index contributed by atoms with van der Waals surface area (Å²) in [5.74, 6) is 0.811. The van der Waals surface area contributed by atoms with E-state index in [9.17, 15) is 0 Å². The molecule has 0 unspecified atom stereocenters. The van der Waals surface area contributed by atoms with Gasteiger partial charge in [-0.05, 0) is 69.1 Å². The molecule has 0 amide bonds. The Bertz CT molecular complexity index is 3180. The van der Waals surface area contributed by atoms with Gasteiger partial charge in [-0.1, -0.05) is 158 Å². The Morgan fingerprint density at radius 2 is 0.796 bits per heavy atom. The lowest BCUT2D eigenvalue weighted by Gasteiger charge is -2.10. The zero-order valence-electron chi connectivity index (χ0n) is 29.1. The minimum absolute atomic E-state index is 0.811. The highest BCUT2D eigenvalue weighted by atomic mass is 16.3. The first-order valence-electron chi connectivity index (χ1n) is 18.2. The van der Waals surface area contributed by atoms with Gasteiger partial charge in [-0.15, -0.1) is 10.2 Å². The molecule has 4 nitrogen and oxygen atoms in total. The van der Waals surface area contributed by atoms with Crippen LogP contribution < -0.4 is 0 Å². The third-order valence-electron chi connectivity index (χ3n) is 10.7. The van der Waals surface area contributed by atoms with E-state index < -0.39 is 0 Å². The Morgan fingerprint density at radius 3 is 1.39 bits per heavy atom. The molecule has 0 aliphatic carbocycles. The maximum absolute atomic E-state index is 7.03. The second-order valence-corrected chi connectivity index (χ2v) is 13.8. The molecular weight excluding hydrogens is 659 g/mol. The smallest absolute Gasteiger partial charge is 0.169 e. The Labute approximate surface area is 311 Å². The summed E-state index contributed by atoms with van der Waals surface area (Å²) in [7, 11) is 0. The van der Waals surface area contributed by atoms with Crippen LogP contribution in [0.25, 0.3) is 105 Å². The Kier molecular flexibility index (Phi) is 6.82. The van der Waals surface area contributed by atoms with Gasteiger partial charge in [0.2, 0.25) is 0 Å². The summed E-state index contributed by atoms with van der Waals surface area (Å²) in [6, 6.07) is 66.4. The van der Waals surface area contributed by atoms with E-state index in [1.54, 1.807) is 0 Å². The second kappa shape index (κ2) is 12.1. The van der Waals surface area contributed by atoms with Gasteiger partial charge in [0.1, 0.15) is 11.2 Å². The summed E-state index contributed by atoms with van der Waals surface area (Å²) in [5, 5.41) is 15.1. The van der Waals surface area contributed by atoms with Crippen molar-refractivity contribution in [1.29, 1.82) is 0 Å². The van der Waals surface area contributed by atoms with Crippen LogP contribution >= 0.6 is 0 Å². The summed E-state index contributed by atoms with van der Waals surface area (Å²) >= 11 is 0. The van der Waals surface area contributed by atoms with Gasteiger partial charge >= 0.3 is 0 Å². The van der Waals surface area contributed by atoms with E-state index in [1.165, 1.54) is 16.3 Å². The summed E-state index contributed by atoms with van der Waals surface area (Å²) in [5.41, 5.74) is 13.6. The predicted octanol–water partition coefficient (Wildman–Crippen LogP) is 13.3. The maximum atomic E-state index is 7.03. The number of benzene rings is 8. The van der Waals surface area contributed by atoms with Crippen LogP contribution in [0.15, 0.2) is 192 Å². The van der Waals surface area contributed by atoms with Crippen molar-refractivity contribution in [3.8, 4) is 55.9 Å². The van der Waals surface area contributed by atoms with Crippen molar-refractivity contribution in [2.45, 2.75) is 0 Å². The molecule has 4 heteroatoms. The fraction of sp³-hybridized carbons (Fsp3) is 0. The number of fused-ring (bicyclic) bond motifs is 9. The number of para-hydroxylation sites is 1. The van der Waals surface area contributed by atoms with E-state index >= 15 is 0 Å². The first-order chi connectivity index (χ1) is 26.8. The molecule has 0 N–H and O–H groups in total. The Balaban J connectivity index is 1.14. The highest BCUT2D eigenvalue weighted by Gasteiger charge is 2.21. The molecule has 8 aromatic carbocycles. The van der Waals surface area contributed by atoms with Crippen molar-refractivity contribution >= 4 is 49.3 Å². The normalized spacial score (nSPS) is 11.7. The molecule has 0 saturated heterocycles. The summed E-state index contributed by atoms with van der Waals surface area (Å²) in [4.78, 5) is 0. The average molecular weight is 690 g/mol. The molecule has 0 atom stereocenters. The lowest BCUT2D eigenvalue weighted by molar-refractivity contribution is 0.671. The average Bonchev–Trinajstić information content (AvgIpc) is 3.87. The monoisotopic (exact) mass is 689 g/mol. The summed E-state index contributed by atoms with van der Waals surface area (Å²) < 4.78 is 9.22. The van der Waals surface area contributed by atoms with Crippen LogP contribution in [0.2, 0.25) is 0 Å². The molecule has 0 spiro atoms. The molecule has 0 aliphatic rings. The van der Waals surface area contributed by atoms with Crippen molar-refractivity contribution < 1.29 is 4.42 Å². The molecule has 11 rings (SSSR count). The van der Waals surface area contributed by atoms with Gasteiger partial charge in [0.15, 0.2) is 11.5 Å². The van der Waals surface area contributed by atoms with E-state index in [4.69, 9.17) is 14.6 Å². The number of hydrogen-bond acceptors (Lipinski definition) is 3. The Hall–Kier alpha value is -7.30. The van der Waals surface area contributed by atoms with Gasteiger partial charge in [-0.3, -0.25) is 4.40 Å². The summed E-state index contributed by atoms with van der Waals surface area (Å²) in [6.07, 6.45) is 0. The van der Waals surface area contributed by atoms with Crippen LogP contribution in [-0.2, 0) is 0 Å². The number of pyridine rings is 1. The van der Waals surface area contributed by atoms with Crippen molar-refractivity contribution in [2.75, 3.05) is 0 Å². The van der Waals surface area contributed by atoms with E-state index in [0.29, 0.717) is 0 Å². The molecule has 0 fully saturated rings. The highest BCUT2D eigenvalue weighted by molar-refractivity contribution is 6.16. The second-order valence-electron chi connectivity index (χ2n) is 13.8. The fourth-order valence-corrected chi connectivity index (χ4v) is 8.10. The van der Waals surface area contributed by atoms with Gasteiger partial charge in [0.05, 0.1) is 5.52 Å². The largest absolute Gasteiger partial charge is 0.455 e. The molecule has 0 saturated carbocycles. The lowest BCUT2D eigenvalue weighted by atomic mass is 9.93. The van der Waals surface area contributed by atoms with Gasteiger partial charge in [-0.25, -0.2) is 0 Å². The lowest BCUT2D eigenvalue weighted by Crippen LogP contribution is -1.94. The third-order valence-corrected chi connectivity index (χ3v) is 10.7. The first-order valence-corrected chi connectivity index (χ1v) is 18.2. The van der Waals surface area contributed by atoms with Crippen molar-refractivity contribution in [1.82, 2.24) is 14.6 Å². The van der Waals surface area contributed by atoms with E-state index in [1.807, 2.05) is 0 Å². The Morgan fingerprint density at radius 1 is 0.333 bits per heavy atom. The van der Waals surface area contributed by atoms with Crippen molar-refractivity contribution in [3.05, 3.63) is 188 Å². The molecule has 0 radical (unpaired) electrons. The van der Waals surface area contributed by atoms with Crippen molar-refractivity contribution in [3.63, 3.8) is 0 Å². The molecule has 3 heterocycles. The molecule has 54 heavy (non-hydrogen) atoms. The minimum Gasteiger partial charge on any atom is -0.455 e. The number of aromatic nitrogens is 3. The topological polar surface area (TPSA) is 43.3 Å². The van der Waals surface area contributed by atoms with E-state index in [-0.39, 0.29) is 0 Å². The highest BCUT2D eigenvalue weighted by Crippen LogP contribution is 2.44. The van der Waals surface area contributed by atoms with Gasteiger partial charge in [-0.2, -0.15) is 0 Å². The molecule has 0 bridgehead atoms.